The quantitative estimate of drug-likeness (QED) is 0.633. The molecule has 0 saturated carbocycles. The lowest BCUT2D eigenvalue weighted by molar-refractivity contribution is 0.726. The van der Waals surface area contributed by atoms with E-state index in [0.717, 1.165) is 38.2 Å². The van der Waals surface area contributed by atoms with Gasteiger partial charge in [-0.25, -0.2) is 9.97 Å². The van der Waals surface area contributed by atoms with Gasteiger partial charge in [-0.05, 0) is 49.2 Å². The third-order valence-corrected chi connectivity index (χ3v) is 5.10. The maximum Gasteiger partial charge on any atom is 0.188 e. The molecule has 0 aromatic carbocycles. The Balaban J connectivity index is 2.19. The Morgan fingerprint density at radius 1 is 1.05 bits per heavy atom. The van der Waals surface area contributed by atoms with Crippen LogP contribution >= 0.6 is 27.7 Å². The first kappa shape index (κ1) is 14.5. The van der Waals surface area contributed by atoms with E-state index in [9.17, 15) is 0 Å². The lowest BCUT2D eigenvalue weighted by Crippen LogP contribution is -2.00. The summed E-state index contributed by atoms with van der Waals surface area (Å²) in [6, 6.07) is 0. The van der Waals surface area contributed by atoms with Crippen molar-refractivity contribution in [2.24, 2.45) is 7.05 Å². The Labute approximate surface area is 126 Å². The summed E-state index contributed by atoms with van der Waals surface area (Å²) in [5.41, 5.74) is 5.43. The van der Waals surface area contributed by atoms with Crippen LogP contribution in [0.5, 0.6) is 0 Å². The van der Waals surface area contributed by atoms with Crippen LogP contribution in [0.25, 0.3) is 0 Å². The van der Waals surface area contributed by atoms with Crippen LogP contribution in [-0.4, -0.2) is 19.7 Å². The average molecular weight is 341 g/mol. The topological polar surface area (TPSA) is 43.6 Å². The smallest absolute Gasteiger partial charge is 0.188 e. The molecule has 0 atom stereocenters. The minimum absolute atomic E-state index is 0.805. The van der Waals surface area contributed by atoms with E-state index in [1.54, 1.807) is 11.8 Å². The van der Waals surface area contributed by atoms with E-state index in [-0.39, 0.29) is 0 Å². The van der Waals surface area contributed by atoms with Gasteiger partial charge in [0.1, 0.15) is 0 Å². The van der Waals surface area contributed by atoms with Gasteiger partial charge in [-0.3, -0.25) is 4.68 Å². The highest BCUT2D eigenvalue weighted by Crippen LogP contribution is 2.27. The predicted octanol–water partition coefficient (Wildman–Crippen LogP) is 3.50. The highest BCUT2D eigenvalue weighted by atomic mass is 79.9. The largest absolute Gasteiger partial charge is 0.270 e. The summed E-state index contributed by atoms with van der Waals surface area (Å²) in [6.07, 6.45) is 0. The molecule has 102 valence electrons. The van der Waals surface area contributed by atoms with Crippen LogP contribution in [0.15, 0.2) is 9.63 Å². The Kier molecular flexibility index (Phi) is 4.30. The van der Waals surface area contributed by atoms with Gasteiger partial charge in [-0.1, -0.05) is 11.8 Å². The van der Waals surface area contributed by atoms with Gasteiger partial charge in [0.25, 0.3) is 0 Å². The second-order valence-electron chi connectivity index (χ2n) is 4.56. The molecule has 19 heavy (non-hydrogen) atoms. The first-order valence-corrected chi connectivity index (χ1v) is 7.80. The monoisotopic (exact) mass is 340 g/mol. The molecule has 0 N–H and O–H groups in total. The summed E-state index contributed by atoms with van der Waals surface area (Å²) in [5.74, 6) is 0.805. The Morgan fingerprint density at radius 2 is 1.63 bits per heavy atom. The molecule has 0 aliphatic carbocycles. The third-order valence-electron chi connectivity index (χ3n) is 3.21. The number of aromatic nitrogens is 4. The number of halogens is 1. The lowest BCUT2D eigenvalue weighted by Gasteiger charge is -2.07. The second kappa shape index (κ2) is 5.63. The lowest BCUT2D eigenvalue weighted by atomic mass is 10.2. The van der Waals surface area contributed by atoms with Crippen molar-refractivity contribution in [2.75, 3.05) is 0 Å². The average Bonchev–Trinajstić information content (AvgIpc) is 2.58. The van der Waals surface area contributed by atoms with E-state index in [4.69, 9.17) is 0 Å². The summed E-state index contributed by atoms with van der Waals surface area (Å²) >= 11 is 5.22. The standard InChI is InChI=1S/C13H17BrN4S/c1-7-8(2)15-13(16-9(7)3)19-6-11-12(14)10(4)17-18(11)5/h6H2,1-5H3. The first-order valence-electron chi connectivity index (χ1n) is 6.02. The zero-order chi connectivity index (χ0) is 14.2. The summed E-state index contributed by atoms with van der Waals surface area (Å²) in [4.78, 5) is 9.04. The minimum atomic E-state index is 0.805. The van der Waals surface area contributed by atoms with Crippen molar-refractivity contribution in [2.45, 2.75) is 38.6 Å². The van der Waals surface area contributed by atoms with Crippen LogP contribution in [0, 0.1) is 27.7 Å². The third kappa shape index (κ3) is 3.00. The molecule has 0 aliphatic heterocycles. The van der Waals surface area contributed by atoms with E-state index < -0.39 is 0 Å². The van der Waals surface area contributed by atoms with Crippen LogP contribution < -0.4 is 0 Å². The van der Waals surface area contributed by atoms with Crippen LogP contribution in [0.3, 0.4) is 0 Å². The molecule has 0 saturated heterocycles. The van der Waals surface area contributed by atoms with Crippen LogP contribution in [0.1, 0.15) is 28.3 Å². The first-order chi connectivity index (χ1) is 8.90. The Morgan fingerprint density at radius 3 is 2.11 bits per heavy atom. The number of thioether (sulfide) groups is 1. The van der Waals surface area contributed by atoms with Crippen molar-refractivity contribution in [3.8, 4) is 0 Å². The van der Waals surface area contributed by atoms with Gasteiger partial charge >= 0.3 is 0 Å². The highest BCUT2D eigenvalue weighted by Gasteiger charge is 2.12. The molecule has 0 bridgehead atoms. The molecule has 2 aromatic rings. The van der Waals surface area contributed by atoms with Crippen LogP contribution in [-0.2, 0) is 12.8 Å². The van der Waals surface area contributed by atoms with Crippen molar-refractivity contribution in [3.05, 3.63) is 32.8 Å². The SMILES string of the molecule is Cc1nc(SCc2c(Br)c(C)nn2C)nc(C)c1C. The predicted molar refractivity (Wildman–Crippen MR) is 81.4 cm³/mol. The van der Waals surface area contributed by atoms with Gasteiger partial charge in [0.2, 0.25) is 0 Å². The molecule has 2 aromatic heterocycles. The zero-order valence-electron chi connectivity index (χ0n) is 11.8. The van der Waals surface area contributed by atoms with Gasteiger partial charge < -0.3 is 0 Å². The van der Waals surface area contributed by atoms with Crippen molar-refractivity contribution in [3.63, 3.8) is 0 Å². The number of nitrogens with zero attached hydrogens (tertiary/aromatic N) is 4. The second-order valence-corrected chi connectivity index (χ2v) is 6.30. The Hall–Kier alpha value is -0.880. The number of aryl methyl sites for hydroxylation is 4. The fourth-order valence-electron chi connectivity index (χ4n) is 1.78. The molecule has 4 nitrogen and oxygen atoms in total. The highest BCUT2D eigenvalue weighted by molar-refractivity contribution is 9.10. The molecule has 0 aliphatic rings. The van der Waals surface area contributed by atoms with E-state index >= 15 is 0 Å². The van der Waals surface area contributed by atoms with Crippen molar-refractivity contribution < 1.29 is 0 Å². The molecular formula is C13H17BrN4S. The van der Waals surface area contributed by atoms with Gasteiger partial charge in [0.15, 0.2) is 5.16 Å². The van der Waals surface area contributed by atoms with Crippen molar-refractivity contribution >= 4 is 27.7 Å². The molecule has 0 radical (unpaired) electrons. The fraction of sp³-hybridized carbons (Fsp3) is 0.462. The summed E-state index contributed by atoms with van der Waals surface area (Å²) < 4.78 is 2.98. The van der Waals surface area contributed by atoms with Gasteiger partial charge in [-0.2, -0.15) is 5.10 Å². The number of hydrogen-bond acceptors (Lipinski definition) is 4. The summed E-state index contributed by atoms with van der Waals surface area (Å²) in [6.45, 7) is 8.10. The van der Waals surface area contributed by atoms with E-state index in [2.05, 4.69) is 37.9 Å². The van der Waals surface area contributed by atoms with Crippen molar-refractivity contribution in [1.29, 1.82) is 0 Å². The van der Waals surface area contributed by atoms with Crippen LogP contribution in [0.4, 0.5) is 0 Å². The molecular weight excluding hydrogens is 324 g/mol. The normalized spacial score (nSPS) is 11.1. The zero-order valence-corrected chi connectivity index (χ0v) is 14.2. The van der Waals surface area contributed by atoms with Gasteiger partial charge in [0, 0.05) is 24.2 Å². The summed E-state index contributed by atoms with van der Waals surface area (Å²) in [5, 5.41) is 5.21. The minimum Gasteiger partial charge on any atom is -0.270 e. The van der Waals surface area contributed by atoms with E-state index in [1.165, 1.54) is 5.56 Å². The molecule has 2 heterocycles. The van der Waals surface area contributed by atoms with Gasteiger partial charge in [0.05, 0.1) is 15.9 Å². The van der Waals surface area contributed by atoms with E-state index in [0.29, 0.717) is 0 Å². The molecule has 6 heteroatoms. The Bertz CT molecular complexity index is 598. The maximum absolute atomic E-state index is 4.52. The molecule has 2 rings (SSSR count). The number of hydrogen-bond donors (Lipinski definition) is 0. The maximum atomic E-state index is 4.52. The fourth-order valence-corrected chi connectivity index (χ4v) is 3.44. The number of rotatable bonds is 3. The molecule has 0 spiro atoms. The summed E-state index contributed by atoms with van der Waals surface area (Å²) in [7, 11) is 1.96. The molecule has 0 unspecified atom stereocenters. The molecule has 0 amide bonds. The van der Waals surface area contributed by atoms with Gasteiger partial charge in [-0.15, -0.1) is 0 Å². The molecule has 0 fully saturated rings. The van der Waals surface area contributed by atoms with Crippen LogP contribution in [0.2, 0.25) is 0 Å². The van der Waals surface area contributed by atoms with Crippen molar-refractivity contribution in [1.82, 2.24) is 19.7 Å². The van der Waals surface area contributed by atoms with E-state index in [1.807, 2.05) is 32.5 Å².